The second kappa shape index (κ2) is 8.95. The van der Waals surface area contributed by atoms with Gasteiger partial charge in [0.15, 0.2) is 10.9 Å². The molecule has 0 bridgehead atoms. The number of hydrogen-bond donors (Lipinski definition) is 3. The molecule has 3 N–H and O–H groups in total. The van der Waals surface area contributed by atoms with Gasteiger partial charge in [-0.25, -0.2) is 4.39 Å². The summed E-state index contributed by atoms with van der Waals surface area (Å²) in [5.41, 5.74) is -0.0170. The Kier molecular flexibility index (Phi) is 6.36. The van der Waals surface area contributed by atoms with E-state index in [1.807, 2.05) is 0 Å². The molecule has 5 nitrogen and oxygen atoms in total. The van der Waals surface area contributed by atoms with Gasteiger partial charge in [0, 0.05) is 23.5 Å². The van der Waals surface area contributed by atoms with Crippen LogP contribution in [0.15, 0.2) is 65.3 Å². The van der Waals surface area contributed by atoms with Gasteiger partial charge in [-0.3, -0.25) is 4.79 Å². The molecular weight excluding hydrogens is 422 g/mol. The molecule has 0 aliphatic rings. The lowest BCUT2D eigenvalue weighted by Crippen LogP contribution is -2.28. The number of rotatable bonds is 5. The molecule has 0 saturated carbocycles. The molecule has 0 unspecified atom stereocenters. The van der Waals surface area contributed by atoms with Crippen molar-refractivity contribution in [3.8, 4) is 0 Å². The molecule has 3 aromatic rings. The summed E-state index contributed by atoms with van der Waals surface area (Å²) < 4.78 is 57.1. The van der Waals surface area contributed by atoms with E-state index in [1.54, 1.807) is 30.3 Å². The van der Waals surface area contributed by atoms with Gasteiger partial charge in [0.2, 0.25) is 0 Å². The number of nitrogens with one attached hydrogen (secondary N) is 3. The van der Waals surface area contributed by atoms with Crippen molar-refractivity contribution in [3.63, 3.8) is 0 Å². The summed E-state index contributed by atoms with van der Waals surface area (Å²) in [4.78, 5) is 11.9. The van der Waals surface area contributed by atoms with Gasteiger partial charge in [0.25, 0.3) is 5.91 Å². The molecule has 0 fully saturated rings. The normalized spacial score (nSPS) is 11.1. The first-order valence-corrected chi connectivity index (χ1v) is 8.98. The van der Waals surface area contributed by atoms with Crippen molar-refractivity contribution in [1.82, 2.24) is 5.32 Å². The zero-order chi connectivity index (χ0) is 21.7. The van der Waals surface area contributed by atoms with E-state index in [0.29, 0.717) is 17.4 Å². The number of halogens is 4. The number of alkyl halides is 3. The van der Waals surface area contributed by atoms with Crippen molar-refractivity contribution in [1.29, 1.82) is 0 Å². The van der Waals surface area contributed by atoms with Crippen LogP contribution in [0.5, 0.6) is 0 Å². The smallest absolute Gasteiger partial charge is 0.416 e. The van der Waals surface area contributed by atoms with Gasteiger partial charge in [-0.05, 0) is 66.8 Å². The molecule has 2 aromatic carbocycles. The van der Waals surface area contributed by atoms with Crippen molar-refractivity contribution >= 4 is 34.6 Å². The van der Waals surface area contributed by atoms with Crippen molar-refractivity contribution in [2.45, 2.75) is 12.7 Å². The average Bonchev–Trinajstić information content (AvgIpc) is 3.23. The minimum atomic E-state index is -4.56. The number of anilines is 2. The van der Waals surface area contributed by atoms with E-state index < -0.39 is 23.5 Å². The first kappa shape index (κ1) is 21.3. The molecule has 0 spiro atoms. The van der Waals surface area contributed by atoms with Crippen LogP contribution in [0.2, 0.25) is 0 Å². The number of thiocarbonyl (C=S) groups is 1. The Morgan fingerprint density at radius 2 is 1.67 bits per heavy atom. The molecule has 1 aromatic heterocycles. The number of benzene rings is 2. The van der Waals surface area contributed by atoms with E-state index >= 15 is 0 Å². The molecule has 0 atom stereocenters. The van der Waals surface area contributed by atoms with E-state index in [2.05, 4.69) is 16.0 Å². The van der Waals surface area contributed by atoms with Gasteiger partial charge in [0.1, 0.15) is 5.82 Å². The number of carbonyl (C=O) groups is 1. The fraction of sp³-hybridized carbons (Fsp3) is 0.100. The Hall–Kier alpha value is -3.40. The van der Waals surface area contributed by atoms with Gasteiger partial charge < -0.3 is 20.4 Å². The quantitative estimate of drug-likeness (QED) is 0.379. The molecule has 30 heavy (non-hydrogen) atoms. The minimum absolute atomic E-state index is 0.0965. The third-order valence-corrected chi connectivity index (χ3v) is 4.20. The SMILES string of the molecule is O=C(Nc1ccc(NC(=S)NCc2cc(C(F)(F)F)ccc2F)cc1)c1ccco1. The summed E-state index contributed by atoms with van der Waals surface area (Å²) in [6.45, 7) is -0.223. The highest BCUT2D eigenvalue weighted by molar-refractivity contribution is 7.80. The molecule has 0 aliphatic heterocycles. The third-order valence-electron chi connectivity index (χ3n) is 3.96. The van der Waals surface area contributed by atoms with Crippen LogP contribution in [-0.4, -0.2) is 11.0 Å². The molecule has 1 amide bonds. The van der Waals surface area contributed by atoms with Gasteiger partial charge in [-0.2, -0.15) is 13.2 Å². The highest BCUT2D eigenvalue weighted by Crippen LogP contribution is 2.30. The summed E-state index contributed by atoms with van der Waals surface area (Å²) in [6, 6.07) is 11.8. The van der Waals surface area contributed by atoms with Gasteiger partial charge >= 0.3 is 6.18 Å². The van der Waals surface area contributed by atoms with E-state index in [9.17, 15) is 22.4 Å². The Labute approximate surface area is 174 Å². The predicted molar refractivity (Wildman–Crippen MR) is 108 cm³/mol. The zero-order valence-corrected chi connectivity index (χ0v) is 16.0. The minimum Gasteiger partial charge on any atom is -0.459 e. The lowest BCUT2D eigenvalue weighted by atomic mass is 10.1. The van der Waals surface area contributed by atoms with Gasteiger partial charge in [-0.15, -0.1) is 0 Å². The van der Waals surface area contributed by atoms with Gasteiger partial charge in [0.05, 0.1) is 11.8 Å². The average molecular weight is 437 g/mol. The fourth-order valence-corrected chi connectivity index (χ4v) is 2.66. The number of hydrogen-bond acceptors (Lipinski definition) is 3. The van der Waals surface area contributed by atoms with Crippen molar-refractivity contribution in [2.24, 2.45) is 0 Å². The van der Waals surface area contributed by atoms with Crippen LogP contribution in [0.1, 0.15) is 21.7 Å². The van der Waals surface area contributed by atoms with Crippen LogP contribution in [0.25, 0.3) is 0 Å². The lowest BCUT2D eigenvalue weighted by Gasteiger charge is -2.13. The Bertz CT molecular complexity index is 1040. The van der Waals surface area contributed by atoms with Crippen molar-refractivity contribution < 1.29 is 26.8 Å². The molecule has 0 saturated heterocycles. The molecule has 3 rings (SSSR count). The largest absolute Gasteiger partial charge is 0.459 e. The maximum absolute atomic E-state index is 13.8. The van der Waals surface area contributed by atoms with E-state index in [0.717, 1.165) is 12.1 Å². The topological polar surface area (TPSA) is 66.3 Å². The summed E-state index contributed by atoms with van der Waals surface area (Å²) in [5, 5.41) is 8.24. The third kappa shape index (κ3) is 5.57. The molecule has 156 valence electrons. The number of amides is 1. The second-order valence-electron chi connectivity index (χ2n) is 6.12. The van der Waals surface area contributed by atoms with Crippen molar-refractivity contribution in [3.05, 3.63) is 83.6 Å². The van der Waals surface area contributed by atoms with Crippen LogP contribution in [0.4, 0.5) is 28.9 Å². The van der Waals surface area contributed by atoms with Crippen LogP contribution in [0, 0.1) is 5.82 Å². The maximum Gasteiger partial charge on any atom is 0.416 e. The predicted octanol–water partition coefficient (Wildman–Crippen LogP) is 5.18. The monoisotopic (exact) mass is 437 g/mol. The second-order valence-corrected chi connectivity index (χ2v) is 6.53. The first-order chi connectivity index (χ1) is 14.2. The molecule has 0 aliphatic carbocycles. The summed E-state index contributed by atoms with van der Waals surface area (Å²) in [6.07, 6.45) is -3.17. The fourth-order valence-electron chi connectivity index (χ4n) is 2.47. The number of furan rings is 1. The number of carbonyl (C=O) groups excluding carboxylic acids is 1. The first-order valence-electron chi connectivity index (χ1n) is 8.58. The molecule has 1 heterocycles. The Balaban J connectivity index is 1.55. The maximum atomic E-state index is 13.8. The van der Waals surface area contributed by atoms with Gasteiger partial charge in [-0.1, -0.05) is 0 Å². The zero-order valence-electron chi connectivity index (χ0n) is 15.2. The highest BCUT2D eigenvalue weighted by atomic mass is 32.1. The summed E-state index contributed by atoms with van der Waals surface area (Å²) in [7, 11) is 0. The van der Waals surface area contributed by atoms with Crippen molar-refractivity contribution in [2.75, 3.05) is 10.6 Å². The summed E-state index contributed by atoms with van der Waals surface area (Å²) >= 11 is 5.09. The van der Waals surface area contributed by atoms with Crippen LogP contribution in [0.3, 0.4) is 0 Å². The van der Waals surface area contributed by atoms with E-state index in [-0.39, 0.29) is 23.0 Å². The van der Waals surface area contributed by atoms with Crippen LogP contribution in [-0.2, 0) is 12.7 Å². The Morgan fingerprint density at radius 3 is 2.27 bits per heavy atom. The molecular formula is C20H15F4N3O2S. The Morgan fingerprint density at radius 1 is 1.00 bits per heavy atom. The highest BCUT2D eigenvalue weighted by Gasteiger charge is 2.31. The summed E-state index contributed by atoms with van der Waals surface area (Å²) in [5.74, 6) is -1.000. The molecule has 10 heteroatoms. The standard InChI is InChI=1S/C20H15F4N3O2S/c21-16-8-3-13(20(22,23)24)10-12(16)11-25-19(30)27-15-6-4-14(5-7-15)26-18(28)17-2-1-9-29-17/h1-10H,11H2,(H,26,28)(H2,25,27,30). The van der Waals surface area contributed by atoms with Crippen LogP contribution >= 0.6 is 12.2 Å². The van der Waals surface area contributed by atoms with E-state index in [4.69, 9.17) is 16.6 Å². The van der Waals surface area contributed by atoms with E-state index in [1.165, 1.54) is 12.3 Å². The van der Waals surface area contributed by atoms with Crippen LogP contribution < -0.4 is 16.0 Å². The lowest BCUT2D eigenvalue weighted by molar-refractivity contribution is -0.137. The molecule has 0 radical (unpaired) electrons.